The molecule has 0 amide bonds. The monoisotopic (exact) mass is 511 g/mol. The molecule has 4 nitrogen and oxygen atoms in total. The second-order valence-electron chi connectivity index (χ2n) is 9.96. The van der Waals surface area contributed by atoms with Gasteiger partial charge >= 0.3 is 7.12 Å². The van der Waals surface area contributed by atoms with Gasteiger partial charge in [-0.1, -0.05) is 29.3 Å². The third-order valence-corrected chi connectivity index (χ3v) is 8.82. The van der Waals surface area contributed by atoms with Gasteiger partial charge in [-0.3, -0.25) is 4.57 Å². The van der Waals surface area contributed by atoms with Crippen LogP contribution >= 0.6 is 34.5 Å². The SMILES string of the molecule is Cc1ccc(C2Oc3cc(B4OC(C)(C)C(C)(C)O4)ccc3-c3c(Cl)c4cc(Cl)ccc4n32)s1. The van der Waals surface area contributed by atoms with Crippen LogP contribution in [0, 0.1) is 6.92 Å². The summed E-state index contributed by atoms with van der Waals surface area (Å²) in [6.07, 6.45) is -0.342. The Morgan fingerprint density at radius 1 is 0.941 bits per heavy atom. The summed E-state index contributed by atoms with van der Waals surface area (Å²) < 4.78 is 21.4. The van der Waals surface area contributed by atoms with E-state index in [9.17, 15) is 0 Å². The summed E-state index contributed by atoms with van der Waals surface area (Å²) in [5.74, 6) is 0.756. The van der Waals surface area contributed by atoms with Crippen LogP contribution in [0.2, 0.25) is 10.0 Å². The van der Waals surface area contributed by atoms with Gasteiger partial charge in [0.25, 0.3) is 0 Å². The number of benzene rings is 2. The predicted octanol–water partition coefficient (Wildman–Crippen LogP) is 7.22. The number of thiophene rings is 1. The first-order valence-electron chi connectivity index (χ1n) is 11.3. The van der Waals surface area contributed by atoms with Gasteiger partial charge in [-0.05, 0) is 82.5 Å². The zero-order chi connectivity index (χ0) is 24.0. The highest BCUT2D eigenvalue weighted by Gasteiger charge is 2.52. The molecule has 0 radical (unpaired) electrons. The second kappa shape index (κ2) is 7.52. The van der Waals surface area contributed by atoms with Crippen molar-refractivity contribution in [3.63, 3.8) is 0 Å². The van der Waals surface area contributed by atoms with Gasteiger partial charge in [0.1, 0.15) is 5.75 Å². The first-order valence-corrected chi connectivity index (χ1v) is 12.8. The van der Waals surface area contributed by atoms with Crippen LogP contribution in [0.15, 0.2) is 48.5 Å². The molecular formula is C26H24BCl2NO3S. The fourth-order valence-corrected chi connectivity index (χ4v) is 6.06. The Balaban J connectivity index is 1.54. The van der Waals surface area contributed by atoms with Gasteiger partial charge in [0.15, 0.2) is 0 Å². The maximum atomic E-state index is 6.99. The lowest BCUT2D eigenvalue weighted by Crippen LogP contribution is -2.41. The molecule has 4 aromatic rings. The highest BCUT2D eigenvalue weighted by molar-refractivity contribution is 7.12. The minimum Gasteiger partial charge on any atom is -0.464 e. The van der Waals surface area contributed by atoms with Crippen LogP contribution in [0.1, 0.15) is 43.7 Å². The van der Waals surface area contributed by atoms with Crippen molar-refractivity contribution in [2.75, 3.05) is 0 Å². The summed E-state index contributed by atoms with van der Waals surface area (Å²) in [7, 11) is -0.469. The topological polar surface area (TPSA) is 32.6 Å². The number of rotatable bonds is 2. The van der Waals surface area contributed by atoms with E-state index in [0.29, 0.717) is 10.0 Å². The second-order valence-corrected chi connectivity index (χ2v) is 12.1. The van der Waals surface area contributed by atoms with Crippen molar-refractivity contribution >= 4 is 58.0 Å². The molecule has 1 saturated heterocycles. The lowest BCUT2D eigenvalue weighted by atomic mass is 9.78. The molecule has 6 rings (SSSR count). The van der Waals surface area contributed by atoms with Gasteiger partial charge in [0, 0.05) is 20.8 Å². The molecule has 2 aromatic heterocycles. The normalized spacial score (nSPS) is 20.3. The van der Waals surface area contributed by atoms with Gasteiger partial charge in [0.2, 0.25) is 6.23 Å². The standard InChI is InChI=1S/C26H24BCl2NO3S/c1-14-6-11-21(34-14)24-30-19-10-8-16(28)13-18(19)22(29)23(30)17-9-7-15(12-20(17)31-24)27-32-25(2,3)26(4,5)33-27/h6-13,24H,1-5H3. The molecule has 0 spiro atoms. The maximum Gasteiger partial charge on any atom is 0.494 e. The molecule has 0 saturated carbocycles. The van der Waals surface area contributed by atoms with Crippen molar-refractivity contribution < 1.29 is 14.0 Å². The van der Waals surface area contributed by atoms with Crippen LogP contribution < -0.4 is 10.2 Å². The minimum absolute atomic E-state index is 0.342. The molecule has 4 heterocycles. The van der Waals surface area contributed by atoms with Crippen LogP contribution in [0.3, 0.4) is 0 Å². The average molecular weight is 512 g/mol. The van der Waals surface area contributed by atoms with Gasteiger partial charge < -0.3 is 14.0 Å². The Hall–Kier alpha value is -1.96. The van der Waals surface area contributed by atoms with E-state index >= 15 is 0 Å². The Kier molecular flexibility index (Phi) is 4.98. The predicted molar refractivity (Wildman–Crippen MR) is 141 cm³/mol. The highest BCUT2D eigenvalue weighted by Crippen LogP contribution is 2.49. The van der Waals surface area contributed by atoms with E-state index in [0.717, 1.165) is 38.2 Å². The molecule has 2 aliphatic rings. The summed E-state index contributed by atoms with van der Waals surface area (Å²) in [5, 5.41) is 2.23. The molecule has 1 fully saturated rings. The number of hydrogen-bond acceptors (Lipinski definition) is 4. The third-order valence-electron chi connectivity index (χ3n) is 7.17. The molecule has 174 valence electrons. The quantitative estimate of drug-likeness (QED) is 0.266. The highest BCUT2D eigenvalue weighted by atomic mass is 35.5. The van der Waals surface area contributed by atoms with Crippen LogP contribution in [0.25, 0.3) is 22.2 Å². The number of aromatic nitrogens is 1. The molecule has 0 aliphatic carbocycles. The first kappa shape index (κ1) is 22.5. The van der Waals surface area contributed by atoms with E-state index in [-0.39, 0.29) is 6.23 Å². The van der Waals surface area contributed by atoms with E-state index in [1.165, 1.54) is 4.88 Å². The van der Waals surface area contributed by atoms with Crippen molar-refractivity contribution in [1.82, 2.24) is 4.57 Å². The molecule has 8 heteroatoms. The Labute approximate surface area is 213 Å². The van der Waals surface area contributed by atoms with Gasteiger partial charge in [-0.2, -0.15) is 0 Å². The van der Waals surface area contributed by atoms with E-state index in [4.69, 9.17) is 37.2 Å². The molecule has 34 heavy (non-hydrogen) atoms. The molecule has 0 N–H and O–H groups in total. The summed E-state index contributed by atoms with van der Waals surface area (Å²) in [4.78, 5) is 2.33. The van der Waals surface area contributed by atoms with E-state index < -0.39 is 18.3 Å². The van der Waals surface area contributed by atoms with Crippen LogP contribution in [-0.4, -0.2) is 22.9 Å². The van der Waals surface area contributed by atoms with Gasteiger partial charge in [0.05, 0.1) is 32.3 Å². The van der Waals surface area contributed by atoms with Crippen molar-refractivity contribution in [1.29, 1.82) is 0 Å². The van der Waals surface area contributed by atoms with E-state index in [1.54, 1.807) is 11.3 Å². The van der Waals surface area contributed by atoms with Crippen LogP contribution in [-0.2, 0) is 9.31 Å². The largest absolute Gasteiger partial charge is 0.494 e. The minimum atomic E-state index is -0.469. The molecule has 1 unspecified atom stereocenters. The van der Waals surface area contributed by atoms with Crippen LogP contribution in [0.5, 0.6) is 5.75 Å². The van der Waals surface area contributed by atoms with Crippen molar-refractivity contribution in [2.45, 2.75) is 52.0 Å². The van der Waals surface area contributed by atoms with Gasteiger partial charge in [-0.15, -0.1) is 11.3 Å². The zero-order valence-corrected chi connectivity index (χ0v) is 21.9. The third kappa shape index (κ3) is 3.27. The van der Waals surface area contributed by atoms with Crippen LogP contribution in [0.4, 0.5) is 0 Å². The van der Waals surface area contributed by atoms with E-state index in [2.05, 4.69) is 51.3 Å². The van der Waals surface area contributed by atoms with Crippen molar-refractivity contribution in [3.8, 4) is 17.0 Å². The fourth-order valence-electron chi connectivity index (χ4n) is 4.64. The smallest absolute Gasteiger partial charge is 0.464 e. The van der Waals surface area contributed by atoms with Gasteiger partial charge in [-0.25, -0.2) is 0 Å². The summed E-state index contributed by atoms with van der Waals surface area (Å²) in [6.45, 7) is 10.3. The molecule has 1 atom stereocenters. The molecular weight excluding hydrogens is 488 g/mol. The fraction of sp³-hybridized carbons (Fsp3) is 0.308. The Morgan fingerprint density at radius 3 is 2.35 bits per heavy atom. The lowest BCUT2D eigenvalue weighted by Gasteiger charge is -2.32. The number of halogens is 2. The van der Waals surface area contributed by atoms with E-state index in [1.807, 2.05) is 36.4 Å². The number of nitrogens with zero attached hydrogens (tertiary/aromatic N) is 1. The Bertz CT molecular complexity index is 1440. The summed E-state index contributed by atoms with van der Waals surface area (Å²) in [5.41, 5.74) is 2.93. The zero-order valence-electron chi connectivity index (χ0n) is 19.6. The number of fused-ring (bicyclic) bond motifs is 5. The number of hydrogen-bond donors (Lipinski definition) is 0. The number of ether oxygens (including phenoxy) is 1. The first-order chi connectivity index (χ1) is 16.1. The van der Waals surface area contributed by atoms with Crippen molar-refractivity contribution in [2.24, 2.45) is 0 Å². The molecule has 0 bridgehead atoms. The number of aryl methyl sites for hydroxylation is 1. The molecule has 2 aromatic carbocycles. The Morgan fingerprint density at radius 2 is 1.68 bits per heavy atom. The molecule has 2 aliphatic heterocycles. The maximum absolute atomic E-state index is 6.99. The lowest BCUT2D eigenvalue weighted by molar-refractivity contribution is 0.00578. The summed E-state index contributed by atoms with van der Waals surface area (Å²) >= 11 is 15.0. The summed E-state index contributed by atoms with van der Waals surface area (Å²) in [6, 6.07) is 16.1. The van der Waals surface area contributed by atoms with Crippen molar-refractivity contribution in [3.05, 3.63) is 68.3 Å². The average Bonchev–Trinajstić information content (AvgIpc) is 3.40.